The van der Waals surface area contributed by atoms with Gasteiger partial charge in [-0.25, -0.2) is 9.97 Å². The van der Waals surface area contributed by atoms with E-state index in [1.54, 1.807) is 0 Å². The molecule has 0 spiro atoms. The summed E-state index contributed by atoms with van der Waals surface area (Å²) in [6.07, 6.45) is 0. The Balaban J connectivity index is 1.69. The largest absolute Gasteiger partial charge is 0.372 e. The first-order valence-corrected chi connectivity index (χ1v) is 9.59. The van der Waals surface area contributed by atoms with E-state index < -0.39 is 10.8 Å². The molecule has 118 valence electrons. The third-order valence-corrected chi connectivity index (χ3v) is 5.81. The molecule has 0 aliphatic rings. The maximum absolute atomic E-state index is 12.2. The van der Waals surface area contributed by atoms with Crippen molar-refractivity contribution >= 4 is 39.3 Å². The van der Waals surface area contributed by atoms with E-state index in [1.165, 1.54) is 11.8 Å². The van der Waals surface area contributed by atoms with Gasteiger partial charge in [0.1, 0.15) is 5.82 Å². The van der Waals surface area contributed by atoms with Crippen LogP contribution in [0.25, 0.3) is 10.9 Å². The molecule has 0 saturated carbocycles. The number of aromatic nitrogens is 2. The molecule has 0 aliphatic carbocycles. The van der Waals surface area contributed by atoms with Crippen LogP contribution in [-0.4, -0.2) is 32.7 Å². The highest BCUT2D eigenvalue weighted by Gasteiger charge is 2.08. The Labute approximate surface area is 142 Å². The summed E-state index contributed by atoms with van der Waals surface area (Å²) >= 11 is 1.53. The van der Waals surface area contributed by atoms with Gasteiger partial charge in [0.25, 0.3) is 0 Å². The van der Waals surface area contributed by atoms with Crippen molar-refractivity contribution < 1.29 is 4.21 Å². The third-order valence-electron chi connectivity index (χ3n) is 3.33. The topological polar surface area (TPSA) is 54.9 Å². The smallest absolute Gasteiger partial charge is 0.190 e. The summed E-state index contributed by atoms with van der Waals surface area (Å²) < 4.78 is 12.2. The van der Waals surface area contributed by atoms with Crippen molar-refractivity contribution in [2.75, 3.05) is 23.9 Å². The first kappa shape index (κ1) is 16.0. The van der Waals surface area contributed by atoms with Crippen LogP contribution in [0.5, 0.6) is 0 Å². The number of fused-ring (bicyclic) bond motifs is 1. The molecule has 0 fully saturated rings. The van der Waals surface area contributed by atoms with Crippen molar-refractivity contribution in [3.63, 3.8) is 0 Å². The van der Waals surface area contributed by atoms with Gasteiger partial charge in [-0.15, -0.1) is 0 Å². The highest BCUT2D eigenvalue weighted by molar-refractivity contribution is 8.00. The lowest BCUT2D eigenvalue weighted by molar-refractivity contribution is 0.684. The van der Waals surface area contributed by atoms with Gasteiger partial charge >= 0.3 is 0 Å². The minimum Gasteiger partial charge on any atom is -0.372 e. The Morgan fingerprint density at radius 3 is 2.57 bits per heavy atom. The van der Waals surface area contributed by atoms with E-state index >= 15 is 0 Å². The fourth-order valence-electron chi connectivity index (χ4n) is 2.21. The van der Waals surface area contributed by atoms with Crippen molar-refractivity contribution in [2.24, 2.45) is 0 Å². The fourth-order valence-corrected chi connectivity index (χ4v) is 4.35. The molecule has 1 unspecified atom stereocenters. The minimum atomic E-state index is -0.983. The first-order chi connectivity index (χ1) is 11.3. The zero-order valence-electron chi connectivity index (χ0n) is 12.7. The first-order valence-electron chi connectivity index (χ1n) is 7.28. The van der Waals surface area contributed by atoms with Gasteiger partial charge in [-0.1, -0.05) is 42.1 Å². The summed E-state index contributed by atoms with van der Waals surface area (Å²) in [6.45, 7) is 0. The molecule has 3 aromatic rings. The fraction of sp³-hybridized carbons (Fsp3) is 0.176. The number of benzene rings is 2. The average molecular weight is 343 g/mol. The van der Waals surface area contributed by atoms with Crippen LogP contribution in [0.3, 0.4) is 0 Å². The van der Waals surface area contributed by atoms with Gasteiger partial charge in [0.05, 0.1) is 16.3 Å². The van der Waals surface area contributed by atoms with E-state index in [0.717, 1.165) is 21.6 Å². The van der Waals surface area contributed by atoms with Gasteiger partial charge in [-0.3, -0.25) is 4.21 Å². The summed E-state index contributed by atoms with van der Waals surface area (Å²) in [4.78, 5) is 9.96. The van der Waals surface area contributed by atoms with Gasteiger partial charge in [0, 0.05) is 28.8 Å². The lowest BCUT2D eigenvalue weighted by Crippen LogP contribution is -2.02. The Morgan fingerprint density at radius 2 is 1.78 bits per heavy atom. The third kappa shape index (κ3) is 3.89. The van der Waals surface area contributed by atoms with Crippen LogP contribution in [0, 0.1) is 0 Å². The zero-order valence-corrected chi connectivity index (χ0v) is 14.4. The van der Waals surface area contributed by atoms with Crippen molar-refractivity contribution in [2.45, 2.75) is 10.1 Å². The Bertz CT molecular complexity index is 824. The lowest BCUT2D eigenvalue weighted by atomic mass is 10.2. The lowest BCUT2D eigenvalue weighted by Gasteiger charge is -2.07. The predicted molar refractivity (Wildman–Crippen MR) is 97.5 cm³/mol. The highest BCUT2D eigenvalue weighted by atomic mass is 32.2. The van der Waals surface area contributed by atoms with Crippen LogP contribution in [-0.2, 0) is 10.8 Å². The summed E-state index contributed by atoms with van der Waals surface area (Å²) in [6, 6.07) is 17.5. The Morgan fingerprint density at radius 1 is 1.04 bits per heavy atom. The monoisotopic (exact) mass is 343 g/mol. The summed E-state index contributed by atoms with van der Waals surface area (Å²) in [5, 5.41) is 4.82. The van der Waals surface area contributed by atoms with E-state index in [1.807, 2.05) is 61.6 Å². The molecule has 1 aromatic heterocycles. The van der Waals surface area contributed by atoms with E-state index in [-0.39, 0.29) is 0 Å². The van der Waals surface area contributed by atoms with Crippen molar-refractivity contribution in [1.82, 2.24) is 9.97 Å². The molecule has 1 N–H and O–H groups in total. The van der Waals surface area contributed by atoms with Gasteiger partial charge in [-0.2, -0.15) is 0 Å². The number of nitrogens with one attached hydrogen (secondary N) is 1. The summed E-state index contributed by atoms with van der Waals surface area (Å²) in [5.41, 5.74) is 0.915. The van der Waals surface area contributed by atoms with Crippen molar-refractivity contribution in [3.05, 3.63) is 54.6 Å². The Kier molecular flexibility index (Phi) is 5.25. The number of rotatable bonds is 6. The van der Waals surface area contributed by atoms with E-state index in [4.69, 9.17) is 0 Å². The van der Waals surface area contributed by atoms with E-state index in [0.29, 0.717) is 16.7 Å². The molecule has 0 aliphatic heterocycles. The number of para-hydroxylation sites is 1. The van der Waals surface area contributed by atoms with Crippen LogP contribution in [0.2, 0.25) is 0 Å². The van der Waals surface area contributed by atoms with Crippen LogP contribution in [0.1, 0.15) is 0 Å². The molecule has 0 radical (unpaired) electrons. The minimum absolute atomic E-state index is 0.583. The van der Waals surface area contributed by atoms with Gasteiger partial charge in [0.15, 0.2) is 5.16 Å². The average Bonchev–Trinajstić information content (AvgIpc) is 2.61. The zero-order chi connectivity index (χ0) is 16.1. The number of nitrogens with zero attached hydrogens (tertiary/aromatic N) is 2. The van der Waals surface area contributed by atoms with Gasteiger partial charge < -0.3 is 5.32 Å². The molecule has 23 heavy (non-hydrogen) atoms. The van der Waals surface area contributed by atoms with Crippen LogP contribution in [0.15, 0.2) is 64.6 Å². The molecule has 0 amide bonds. The van der Waals surface area contributed by atoms with E-state index in [9.17, 15) is 4.21 Å². The van der Waals surface area contributed by atoms with E-state index in [2.05, 4.69) is 15.3 Å². The van der Waals surface area contributed by atoms with Gasteiger partial charge in [-0.05, 0) is 24.3 Å². The predicted octanol–water partition coefficient (Wildman–Crippen LogP) is 3.57. The molecule has 1 atom stereocenters. The molecule has 3 rings (SSSR count). The van der Waals surface area contributed by atoms with Crippen LogP contribution in [0.4, 0.5) is 5.82 Å². The van der Waals surface area contributed by atoms with Crippen molar-refractivity contribution in [1.29, 1.82) is 0 Å². The molecular weight excluding hydrogens is 326 g/mol. The highest BCUT2D eigenvalue weighted by Crippen LogP contribution is 2.24. The maximum Gasteiger partial charge on any atom is 0.190 e. The number of thioether (sulfide) groups is 1. The van der Waals surface area contributed by atoms with Gasteiger partial charge in [0.2, 0.25) is 0 Å². The number of hydrogen-bond acceptors (Lipinski definition) is 5. The molecule has 0 bridgehead atoms. The second-order valence-electron chi connectivity index (χ2n) is 4.83. The molecule has 2 aromatic carbocycles. The Hall–Kier alpha value is -1.92. The molecule has 6 heteroatoms. The van der Waals surface area contributed by atoms with Crippen LogP contribution >= 0.6 is 11.8 Å². The normalized spacial score (nSPS) is 12.2. The maximum atomic E-state index is 12.2. The second kappa shape index (κ2) is 7.57. The quantitative estimate of drug-likeness (QED) is 0.548. The molecular formula is C17H17N3OS2. The second-order valence-corrected chi connectivity index (χ2v) is 7.47. The molecule has 4 nitrogen and oxygen atoms in total. The number of hydrogen-bond donors (Lipinski definition) is 1. The van der Waals surface area contributed by atoms with Crippen LogP contribution < -0.4 is 5.32 Å². The van der Waals surface area contributed by atoms with Crippen molar-refractivity contribution in [3.8, 4) is 0 Å². The molecule has 0 saturated heterocycles. The summed E-state index contributed by atoms with van der Waals surface area (Å²) in [7, 11) is 0.872. The number of anilines is 1. The SMILES string of the molecule is CNc1nc(SCCS(=O)c2ccccc2)nc2ccccc12. The standard InChI is InChI=1S/C17H17N3OS2/c1-18-16-14-9-5-6-10-15(14)19-17(20-16)22-11-12-23(21)13-7-3-2-4-8-13/h2-10H,11-12H2,1H3,(H,18,19,20). The molecule has 1 heterocycles. The summed E-state index contributed by atoms with van der Waals surface area (Å²) in [5.74, 6) is 2.12.